The Morgan fingerprint density at radius 2 is 2.04 bits per heavy atom. The van der Waals surface area contributed by atoms with Gasteiger partial charge in [0.1, 0.15) is 5.54 Å². The first-order chi connectivity index (χ1) is 11.3. The van der Waals surface area contributed by atoms with Crippen molar-refractivity contribution in [2.75, 3.05) is 0 Å². The number of carbonyl (C=O) groups is 3. The maximum atomic E-state index is 12.3. The number of amides is 2. The van der Waals surface area contributed by atoms with Crippen LogP contribution in [0.5, 0.6) is 0 Å². The van der Waals surface area contributed by atoms with Crippen molar-refractivity contribution in [3.05, 3.63) is 35.4 Å². The molecule has 0 aliphatic carbocycles. The van der Waals surface area contributed by atoms with Gasteiger partial charge in [0.05, 0.1) is 23.5 Å². The number of benzene rings is 1. The molecule has 2 amide bonds. The Morgan fingerprint density at radius 3 is 2.62 bits per heavy atom. The summed E-state index contributed by atoms with van der Waals surface area (Å²) in [7, 11) is 0. The third kappa shape index (κ3) is 2.03. The molecule has 7 heteroatoms. The molecule has 4 unspecified atom stereocenters. The van der Waals surface area contributed by atoms with E-state index in [-0.39, 0.29) is 0 Å². The number of imide groups is 1. The van der Waals surface area contributed by atoms with Crippen LogP contribution < -0.4 is 10.6 Å². The summed E-state index contributed by atoms with van der Waals surface area (Å²) in [4.78, 5) is 36.7. The normalized spacial score (nSPS) is 31.7. The minimum Gasteiger partial charge on any atom is -0.480 e. The first-order valence-corrected chi connectivity index (χ1v) is 7.68. The number of fused-ring (bicyclic) bond motifs is 1. The van der Waals surface area contributed by atoms with Gasteiger partial charge in [0.2, 0.25) is 11.8 Å². The van der Waals surface area contributed by atoms with Crippen LogP contribution in [0, 0.1) is 29.1 Å². The Labute approximate surface area is 138 Å². The van der Waals surface area contributed by atoms with Gasteiger partial charge >= 0.3 is 5.97 Å². The molecule has 124 valence electrons. The lowest BCUT2D eigenvalue weighted by Gasteiger charge is -2.33. The second-order valence-corrected chi connectivity index (χ2v) is 6.55. The van der Waals surface area contributed by atoms with Crippen LogP contribution in [0.25, 0.3) is 0 Å². The summed E-state index contributed by atoms with van der Waals surface area (Å²) in [6.07, 6.45) is 0. The van der Waals surface area contributed by atoms with Crippen LogP contribution in [0.4, 0.5) is 0 Å². The van der Waals surface area contributed by atoms with Crippen molar-refractivity contribution in [2.24, 2.45) is 17.8 Å². The topological polar surface area (TPSA) is 119 Å². The van der Waals surface area contributed by atoms with Crippen LogP contribution in [-0.4, -0.2) is 28.4 Å². The van der Waals surface area contributed by atoms with Crippen LogP contribution >= 0.6 is 0 Å². The summed E-state index contributed by atoms with van der Waals surface area (Å²) in [6, 6.07) is 8.02. The molecule has 2 aliphatic heterocycles. The Kier molecular flexibility index (Phi) is 3.65. The molecule has 0 saturated carbocycles. The Hall–Kier alpha value is -2.72. The third-order valence-corrected chi connectivity index (χ3v) is 5.07. The van der Waals surface area contributed by atoms with E-state index in [0.29, 0.717) is 11.1 Å². The maximum Gasteiger partial charge on any atom is 0.325 e. The van der Waals surface area contributed by atoms with Gasteiger partial charge in [-0.05, 0) is 23.6 Å². The zero-order valence-electron chi connectivity index (χ0n) is 13.2. The number of hydrogen-bond donors (Lipinski definition) is 3. The second kappa shape index (κ2) is 5.42. The first kappa shape index (κ1) is 16.1. The highest BCUT2D eigenvalue weighted by Crippen LogP contribution is 2.49. The Bertz CT molecular complexity index is 782. The highest BCUT2D eigenvalue weighted by molar-refractivity contribution is 6.09. The molecule has 0 radical (unpaired) electrons. The molecule has 1 aromatic carbocycles. The number of rotatable bonds is 3. The number of nitrogens with zero attached hydrogens (tertiary/aromatic N) is 1. The predicted octanol–water partition coefficient (Wildman–Crippen LogP) is 0.571. The average Bonchev–Trinajstić information content (AvgIpc) is 3.05. The molecule has 2 aliphatic rings. The number of hydrogen-bond acceptors (Lipinski definition) is 5. The number of aliphatic carboxylic acids is 1. The molecule has 24 heavy (non-hydrogen) atoms. The molecule has 2 heterocycles. The summed E-state index contributed by atoms with van der Waals surface area (Å²) in [5.41, 5.74) is -0.501. The summed E-state index contributed by atoms with van der Waals surface area (Å²) in [5.74, 6) is -4.41. The fourth-order valence-electron chi connectivity index (χ4n) is 3.93. The number of carboxylic acid groups (broad SMARTS) is 1. The fourth-order valence-corrected chi connectivity index (χ4v) is 3.93. The van der Waals surface area contributed by atoms with Gasteiger partial charge in [-0.2, -0.15) is 5.26 Å². The third-order valence-electron chi connectivity index (χ3n) is 5.07. The monoisotopic (exact) mass is 327 g/mol. The van der Waals surface area contributed by atoms with Gasteiger partial charge in [-0.15, -0.1) is 0 Å². The summed E-state index contributed by atoms with van der Waals surface area (Å²) >= 11 is 0. The zero-order chi connectivity index (χ0) is 17.6. The van der Waals surface area contributed by atoms with E-state index in [1.165, 1.54) is 0 Å². The molecule has 0 aromatic heterocycles. The number of nitrogens with one attached hydrogen (secondary N) is 2. The maximum absolute atomic E-state index is 12.3. The van der Waals surface area contributed by atoms with Crippen molar-refractivity contribution in [3.8, 4) is 6.07 Å². The smallest absolute Gasteiger partial charge is 0.325 e. The van der Waals surface area contributed by atoms with Gasteiger partial charge in [-0.3, -0.25) is 25.0 Å². The largest absolute Gasteiger partial charge is 0.480 e. The van der Waals surface area contributed by atoms with E-state index >= 15 is 0 Å². The SMILES string of the molecule is CC(C)C1(C(=O)O)NC(c2cccc(C#N)c2)C2C(=O)NC(=O)C21. The lowest BCUT2D eigenvalue weighted by Crippen LogP contribution is -2.59. The van der Waals surface area contributed by atoms with E-state index < -0.39 is 47.1 Å². The molecule has 4 atom stereocenters. The average molecular weight is 327 g/mol. The highest BCUT2D eigenvalue weighted by Gasteiger charge is 2.67. The molecular formula is C17H17N3O4. The fraction of sp³-hybridized carbons (Fsp3) is 0.412. The van der Waals surface area contributed by atoms with Crippen LogP contribution in [0.15, 0.2) is 24.3 Å². The quantitative estimate of drug-likeness (QED) is 0.698. The highest BCUT2D eigenvalue weighted by atomic mass is 16.4. The van der Waals surface area contributed by atoms with E-state index in [1.807, 2.05) is 6.07 Å². The van der Waals surface area contributed by atoms with E-state index in [2.05, 4.69) is 10.6 Å². The minimum absolute atomic E-state index is 0.410. The molecule has 0 spiro atoms. The molecular weight excluding hydrogens is 310 g/mol. The molecule has 3 rings (SSSR count). The standard InChI is InChI=1S/C17H17N3O4/c1-8(2)17(16(23)24)12-11(14(21)19-15(12)22)13(20-17)10-5-3-4-9(6-10)7-18/h3-6,8,11-13,20H,1-2H3,(H,23,24)(H,19,21,22). The van der Waals surface area contributed by atoms with Crippen LogP contribution in [-0.2, 0) is 14.4 Å². The number of nitriles is 1. The van der Waals surface area contributed by atoms with Crippen molar-refractivity contribution < 1.29 is 19.5 Å². The van der Waals surface area contributed by atoms with E-state index in [4.69, 9.17) is 5.26 Å². The van der Waals surface area contributed by atoms with Gasteiger partial charge in [0.25, 0.3) is 0 Å². The van der Waals surface area contributed by atoms with Crippen molar-refractivity contribution in [2.45, 2.75) is 25.4 Å². The van der Waals surface area contributed by atoms with Gasteiger partial charge in [-0.1, -0.05) is 26.0 Å². The summed E-state index contributed by atoms with van der Waals surface area (Å²) in [6.45, 7) is 3.42. The number of carboxylic acids is 1. The van der Waals surface area contributed by atoms with E-state index in [0.717, 1.165) is 0 Å². The van der Waals surface area contributed by atoms with Crippen LogP contribution in [0.1, 0.15) is 31.0 Å². The molecule has 2 saturated heterocycles. The Morgan fingerprint density at radius 1 is 1.33 bits per heavy atom. The van der Waals surface area contributed by atoms with Gasteiger partial charge in [0, 0.05) is 6.04 Å². The first-order valence-electron chi connectivity index (χ1n) is 7.68. The second-order valence-electron chi connectivity index (χ2n) is 6.55. The molecule has 0 bridgehead atoms. The lowest BCUT2D eigenvalue weighted by atomic mass is 9.73. The molecule has 2 fully saturated rings. The molecule has 3 N–H and O–H groups in total. The van der Waals surface area contributed by atoms with Crippen molar-refractivity contribution in [1.29, 1.82) is 5.26 Å². The zero-order valence-corrected chi connectivity index (χ0v) is 13.2. The van der Waals surface area contributed by atoms with Gasteiger partial charge in [-0.25, -0.2) is 0 Å². The summed E-state index contributed by atoms with van der Waals surface area (Å²) < 4.78 is 0. The minimum atomic E-state index is -1.53. The molecule has 1 aromatic rings. The van der Waals surface area contributed by atoms with Crippen molar-refractivity contribution in [1.82, 2.24) is 10.6 Å². The predicted molar refractivity (Wildman–Crippen MR) is 82.4 cm³/mol. The van der Waals surface area contributed by atoms with Gasteiger partial charge in [0.15, 0.2) is 0 Å². The summed E-state index contributed by atoms with van der Waals surface area (Å²) in [5, 5.41) is 24.2. The van der Waals surface area contributed by atoms with Crippen LogP contribution in [0.2, 0.25) is 0 Å². The van der Waals surface area contributed by atoms with Crippen molar-refractivity contribution >= 4 is 17.8 Å². The van der Waals surface area contributed by atoms with Crippen LogP contribution in [0.3, 0.4) is 0 Å². The molecule has 7 nitrogen and oxygen atoms in total. The lowest BCUT2D eigenvalue weighted by molar-refractivity contribution is -0.151. The van der Waals surface area contributed by atoms with E-state index in [1.54, 1.807) is 38.1 Å². The van der Waals surface area contributed by atoms with Gasteiger partial charge < -0.3 is 5.11 Å². The van der Waals surface area contributed by atoms with E-state index in [9.17, 15) is 19.5 Å². The number of carbonyl (C=O) groups excluding carboxylic acids is 2. The Balaban J connectivity index is 2.15. The van der Waals surface area contributed by atoms with Crippen molar-refractivity contribution in [3.63, 3.8) is 0 Å².